The van der Waals surface area contributed by atoms with Crippen LogP contribution in [0.1, 0.15) is 28.7 Å². The van der Waals surface area contributed by atoms with Crippen LogP contribution < -0.4 is 0 Å². The Balaban J connectivity index is 1.65. The van der Waals surface area contributed by atoms with E-state index in [0.717, 1.165) is 11.3 Å². The van der Waals surface area contributed by atoms with Gasteiger partial charge in [-0.2, -0.15) is 9.90 Å². The number of hydrogen-bond acceptors (Lipinski definition) is 5. The highest BCUT2D eigenvalue weighted by Gasteiger charge is 2.25. The number of likely N-dealkylation sites (N-methyl/N-ethyl adjacent to an activating group) is 1. The summed E-state index contributed by atoms with van der Waals surface area (Å²) in [5, 5.41) is 8.47. The molecule has 1 atom stereocenters. The van der Waals surface area contributed by atoms with Crippen LogP contribution in [0.5, 0.6) is 0 Å². The van der Waals surface area contributed by atoms with Crippen LogP contribution in [0.2, 0.25) is 0 Å². The number of benzene rings is 2. The number of carbonyl (C=O) groups excluding carboxylic acids is 2. The van der Waals surface area contributed by atoms with Gasteiger partial charge in [-0.25, -0.2) is 4.79 Å². The Bertz CT molecular complexity index is 954. The van der Waals surface area contributed by atoms with Gasteiger partial charge in [0.05, 0.1) is 11.4 Å². The normalized spacial score (nSPS) is 11.7. The summed E-state index contributed by atoms with van der Waals surface area (Å²) in [6.45, 7) is 3.67. The fourth-order valence-electron chi connectivity index (χ4n) is 2.76. The zero-order chi connectivity index (χ0) is 20.1. The highest BCUT2D eigenvalue weighted by molar-refractivity contribution is 5.91. The number of nitrogens with zero attached hydrogens (tertiary/aromatic N) is 4. The van der Waals surface area contributed by atoms with Crippen LogP contribution >= 0.6 is 0 Å². The number of para-hydroxylation sites is 1. The maximum absolute atomic E-state index is 12.5. The Morgan fingerprint density at radius 1 is 1.04 bits per heavy atom. The lowest BCUT2D eigenvalue weighted by Crippen LogP contribution is -2.37. The molecular weight excluding hydrogens is 356 g/mol. The number of esters is 1. The summed E-state index contributed by atoms with van der Waals surface area (Å²) in [6.07, 6.45) is -0.928. The molecule has 0 aliphatic rings. The van der Waals surface area contributed by atoms with Gasteiger partial charge in [0.15, 0.2) is 11.8 Å². The molecule has 0 spiro atoms. The Morgan fingerprint density at radius 2 is 1.64 bits per heavy atom. The van der Waals surface area contributed by atoms with Crippen LogP contribution in [0.4, 0.5) is 0 Å². The van der Waals surface area contributed by atoms with E-state index in [-0.39, 0.29) is 11.6 Å². The molecular formula is C21H22N4O3. The minimum Gasteiger partial charge on any atom is -0.448 e. The summed E-state index contributed by atoms with van der Waals surface area (Å²) in [7, 11) is 1.68. The lowest BCUT2D eigenvalue weighted by atomic mass is 10.2. The third kappa shape index (κ3) is 4.43. The van der Waals surface area contributed by atoms with Gasteiger partial charge in [0, 0.05) is 13.6 Å². The summed E-state index contributed by atoms with van der Waals surface area (Å²) in [6, 6.07) is 18.9. The van der Waals surface area contributed by atoms with Gasteiger partial charge in [-0.15, -0.1) is 5.10 Å². The van der Waals surface area contributed by atoms with Gasteiger partial charge in [-0.1, -0.05) is 48.5 Å². The van der Waals surface area contributed by atoms with Crippen LogP contribution in [0.15, 0.2) is 60.7 Å². The smallest absolute Gasteiger partial charge is 0.361 e. The molecule has 7 heteroatoms. The van der Waals surface area contributed by atoms with Crippen molar-refractivity contribution in [1.29, 1.82) is 0 Å². The maximum atomic E-state index is 12.5. The monoisotopic (exact) mass is 378 g/mol. The number of rotatable bonds is 6. The fraction of sp³-hybridized carbons (Fsp3) is 0.238. The SMILES string of the molecule is Cc1nn(-c2ccccc2)nc1C(=O)OC(C)C(=O)N(C)Cc1ccccc1. The van der Waals surface area contributed by atoms with Crippen molar-refractivity contribution in [2.75, 3.05) is 7.05 Å². The van der Waals surface area contributed by atoms with Crippen molar-refractivity contribution in [1.82, 2.24) is 19.9 Å². The summed E-state index contributed by atoms with van der Waals surface area (Å²) >= 11 is 0. The molecule has 1 aromatic heterocycles. The standard InChI is InChI=1S/C21H22N4O3/c1-15-19(23-25(22-15)18-12-8-5-9-13-18)21(27)28-16(2)20(26)24(3)14-17-10-6-4-7-11-17/h4-13,16H,14H2,1-3H3. The number of amides is 1. The predicted molar refractivity (Wildman–Crippen MR) is 104 cm³/mol. The van der Waals surface area contributed by atoms with Gasteiger partial charge >= 0.3 is 5.97 Å². The van der Waals surface area contributed by atoms with Gasteiger partial charge in [-0.05, 0) is 31.5 Å². The van der Waals surface area contributed by atoms with Crippen molar-refractivity contribution in [2.24, 2.45) is 0 Å². The van der Waals surface area contributed by atoms with E-state index in [2.05, 4.69) is 10.2 Å². The Hall–Kier alpha value is -3.48. The molecule has 144 valence electrons. The lowest BCUT2D eigenvalue weighted by Gasteiger charge is -2.21. The first-order valence-corrected chi connectivity index (χ1v) is 8.95. The van der Waals surface area contributed by atoms with Gasteiger partial charge in [-0.3, -0.25) is 4.79 Å². The van der Waals surface area contributed by atoms with Crippen LogP contribution in [0, 0.1) is 6.92 Å². The predicted octanol–water partition coefficient (Wildman–Crippen LogP) is 2.78. The second-order valence-corrected chi connectivity index (χ2v) is 6.49. The highest BCUT2D eigenvalue weighted by Crippen LogP contribution is 2.12. The van der Waals surface area contributed by atoms with Crippen molar-refractivity contribution in [3.8, 4) is 5.69 Å². The van der Waals surface area contributed by atoms with E-state index in [1.54, 1.807) is 20.9 Å². The Labute approximate surface area is 163 Å². The second-order valence-electron chi connectivity index (χ2n) is 6.49. The molecule has 0 aliphatic heterocycles. The molecule has 0 aliphatic carbocycles. The minimum atomic E-state index is -0.928. The molecule has 0 radical (unpaired) electrons. The zero-order valence-corrected chi connectivity index (χ0v) is 16.1. The third-order valence-corrected chi connectivity index (χ3v) is 4.23. The van der Waals surface area contributed by atoms with Crippen LogP contribution in [0.25, 0.3) is 5.69 Å². The fourth-order valence-corrected chi connectivity index (χ4v) is 2.76. The second kappa shape index (κ2) is 8.47. The molecule has 28 heavy (non-hydrogen) atoms. The zero-order valence-electron chi connectivity index (χ0n) is 16.1. The third-order valence-electron chi connectivity index (χ3n) is 4.23. The quantitative estimate of drug-likeness (QED) is 0.617. The molecule has 0 bridgehead atoms. The molecule has 1 amide bonds. The molecule has 1 unspecified atom stereocenters. The van der Waals surface area contributed by atoms with Gasteiger partial charge in [0.1, 0.15) is 0 Å². The maximum Gasteiger partial charge on any atom is 0.361 e. The first-order valence-electron chi connectivity index (χ1n) is 8.95. The van der Waals surface area contributed by atoms with Crippen molar-refractivity contribution in [3.05, 3.63) is 77.6 Å². The average molecular weight is 378 g/mol. The summed E-state index contributed by atoms with van der Waals surface area (Å²) in [4.78, 5) is 27.9. The molecule has 0 fully saturated rings. The van der Waals surface area contributed by atoms with Crippen LogP contribution in [-0.2, 0) is 16.1 Å². The number of ether oxygens (including phenoxy) is 1. The topological polar surface area (TPSA) is 77.3 Å². The van der Waals surface area contributed by atoms with E-state index < -0.39 is 12.1 Å². The van der Waals surface area contributed by atoms with Crippen molar-refractivity contribution in [2.45, 2.75) is 26.5 Å². The summed E-state index contributed by atoms with van der Waals surface area (Å²) in [5.74, 6) is -0.959. The first-order chi connectivity index (χ1) is 13.5. The highest BCUT2D eigenvalue weighted by atomic mass is 16.5. The molecule has 7 nitrogen and oxygen atoms in total. The van der Waals surface area contributed by atoms with E-state index in [0.29, 0.717) is 12.2 Å². The van der Waals surface area contributed by atoms with E-state index in [4.69, 9.17) is 4.74 Å². The molecule has 3 aromatic rings. The van der Waals surface area contributed by atoms with E-state index >= 15 is 0 Å². The van der Waals surface area contributed by atoms with Crippen LogP contribution in [-0.4, -0.2) is 44.9 Å². The molecule has 3 rings (SSSR count). The van der Waals surface area contributed by atoms with Crippen molar-refractivity contribution < 1.29 is 14.3 Å². The number of hydrogen-bond donors (Lipinski definition) is 0. The van der Waals surface area contributed by atoms with Gasteiger partial charge in [0.2, 0.25) is 0 Å². The first kappa shape index (κ1) is 19.3. The number of carbonyl (C=O) groups is 2. The molecule has 1 heterocycles. The summed E-state index contributed by atoms with van der Waals surface area (Å²) in [5.41, 5.74) is 2.26. The Kier molecular flexibility index (Phi) is 5.84. The minimum absolute atomic E-state index is 0.0919. The van der Waals surface area contributed by atoms with Gasteiger partial charge < -0.3 is 9.64 Å². The van der Waals surface area contributed by atoms with Crippen molar-refractivity contribution >= 4 is 11.9 Å². The largest absolute Gasteiger partial charge is 0.448 e. The van der Waals surface area contributed by atoms with E-state index in [1.165, 1.54) is 9.70 Å². The van der Waals surface area contributed by atoms with E-state index in [1.807, 2.05) is 60.7 Å². The number of aromatic nitrogens is 3. The van der Waals surface area contributed by atoms with Gasteiger partial charge in [0.25, 0.3) is 5.91 Å². The molecule has 0 saturated heterocycles. The lowest BCUT2D eigenvalue weighted by molar-refractivity contribution is -0.139. The molecule has 2 aromatic carbocycles. The molecule has 0 N–H and O–H groups in total. The Morgan fingerprint density at radius 3 is 2.29 bits per heavy atom. The van der Waals surface area contributed by atoms with Crippen LogP contribution in [0.3, 0.4) is 0 Å². The number of aryl methyl sites for hydroxylation is 1. The summed E-state index contributed by atoms with van der Waals surface area (Å²) < 4.78 is 5.34. The van der Waals surface area contributed by atoms with Crippen molar-refractivity contribution in [3.63, 3.8) is 0 Å². The molecule has 0 saturated carbocycles. The average Bonchev–Trinajstić information content (AvgIpc) is 3.10. The van der Waals surface area contributed by atoms with E-state index in [9.17, 15) is 9.59 Å².